The van der Waals surface area contributed by atoms with Crippen LogP contribution in [0.25, 0.3) is 0 Å². The average Bonchev–Trinajstić information content (AvgIpc) is 2.68. The van der Waals surface area contributed by atoms with Crippen molar-refractivity contribution in [3.05, 3.63) is 5.21 Å². The van der Waals surface area contributed by atoms with Crippen LogP contribution in [0.5, 0.6) is 0 Å². The van der Waals surface area contributed by atoms with E-state index in [0.717, 1.165) is 9.91 Å². The minimum Gasteiger partial charge on any atom is -0.569 e. The summed E-state index contributed by atoms with van der Waals surface area (Å²) in [5.41, 5.74) is -1.49. The van der Waals surface area contributed by atoms with Crippen molar-refractivity contribution in [2.45, 2.75) is 32.2 Å². The molecule has 0 atom stereocenters. The topological polar surface area (TPSA) is 126 Å². The number of likely N-dealkylation sites (tertiary alicyclic amines) is 1. The summed E-state index contributed by atoms with van der Waals surface area (Å²) < 4.78 is 0. The normalized spacial score (nSPS) is 16.6. The second-order valence-corrected chi connectivity index (χ2v) is 4.70. The Balaban J connectivity index is 2.60. The van der Waals surface area contributed by atoms with E-state index in [-0.39, 0.29) is 17.8 Å². The lowest BCUT2D eigenvalue weighted by molar-refractivity contribution is -0.717. The fourth-order valence-corrected chi connectivity index (χ4v) is 1.31. The molecule has 0 spiro atoms. The molecule has 0 aliphatic carbocycles. The fourth-order valence-electron chi connectivity index (χ4n) is 1.31. The van der Waals surface area contributed by atoms with Crippen LogP contribution in [0.15, 0.2) is 5.28 Å². The van der Waals surface area contributed by atoms with Crippen LogP contribution >= 0.6 is 0 Å². The zero-order valence-electron chi connectivity index (χ0n) is 11.4. The Bertz CT molecular complexity index is 445. The standard InChI is InChI=1S/C10H16N4O6/c1-10(2,9(17)18)12(3)14(19)11-20-6-13-7(15)4-5-8(13)16/h4-6H2,1-3H3,(H,17,18). The predicted octanol–water partition coefficient (Wildman–Crippen LogP) is -0.303. The average molecular weight is 288 g/mol. The Labute approximate surface area is 114 Å². The number of aliphatic carboxylic acids is 1. The maximum absolute atomic E-state index is 11.5. The van der Waals surface area contributed by atoms with Crippen molar-refractivity contribution in [3.8, 4) is 0 Å². The summed E-state index contributed by atoms with van der Waals surface area (Å²) in [4.78, 5) is 38.8. The number of imide groups is 1. The number of hydrogen-bond donors (Lipinski definition) is 1. The van der Waals surface area contributed by atoms with Crippen molar-refractivity contribution in [2.75, 3.05) is 13.8 Å². The number of hydrazine groups is 1. The van der Waals surface area contributed by atoms with Crippen LogP contribution in [0.1, 0.15) is 26.7 Å². The third-order valence-electron chi connectivity index (χ3n) is 3.06. The number of carbonyl (C=O) groups is 3. The molecule has 0 unspecified atom stereocenters. The zero-order valence-corrected chi connectivity index (χ0v) is 11.4. The molecule has 0 aromatic heterocycles. The molecule has 1 saturated heterocycles. The maximum Gasteiger partial charge on any atom is 0.334 e. The number of carboxylic acid groups (broad SMARTS) is 1. The van der Waals surface area contributed by atoms with E-state index < -0.39 is 30.1 Å². The van der Waals surface area contributed by atoms with Crippen LogP contribution in [0.3, 0.4) is 0 Å². The summed E-state index contributed by atoms with van der Waals surface area (Å²) >= 11 is 0. The zero-order chi connectivity index (χ0) is 15.5. The largest absolute Gasteiger partial charge is 0.569 e. The first-order chi connectivity index (χ1) is 9.17. The smallest absolute Gasteiger partial charge is 0.334 e. The first-order valence-corrected chi connectivity index (χ1v) is 5.78. The highest BCUT2D eigenvalue weighted by Crippen LogP contribution is 2.13. The highest BCUT2D eigenvalue weighted by atomic mass is 16.7. The molecule has 10 heteroatoms. The van der Waals surface area contributed by atoms with Crippen LogP contribution < -0.4 is 0 Å². The molecule has 0 aromatic rings. The Morgan fingerprint density at radius 1 is 1.50 bits per heavy atom. The molecule has 20 heavy (non-hydrogen) atoms. The van der Waals surface area contributed by atoms with Crippen molar-refractivity contribution < 1.29 is 29.3 Å². The van der Waals surface area contributed by atoms with Gasteiger partial charge >= 0.3 is 5.97 Å². The van der Waals surface area contributed by atoms with E-state index >= 15 is 0 Å². The molecule has 1 aliphatic rings. The van der Waals surface area contributed by atoms with E-state index in [2.05, 4.69) is 10.1 Å². The third kappa shape index (κ3) is 3.13. The lowest BCUT2D eigenvalue weighted by Crippen LogP contribution is -2.51. The minimum absolute atomic E-state index is 0.0564. The van der Waals surface area contributed by atoms with E-state index in [0.29, 0.717) is 0 Å². The SMILES string of the molecule is CN([N+]([O-])=NOCN1C(=O)CCC1=O)C(C)(C)C(=O)O. The lowest BCUT2D eigenvalue weighted by Gasteiger charge is -2.26. The fraction of sp³-hybridized carbons (Fsp3) is 0.700. The van der Waals surface area contributed by atoms with E-state index in [1.807, 2.05) is 0 Å². The van der Waals surface area contributed by atoms with E-state index in [1.165, 1.54) is 20.9 Å². The van der Waals surface area contributed by atoms with Gasteiger partial charge in [-0.1, -0.05) is 0 Å². The quantitative estimate of drug-likeness (QED) is 0.307. The minimum atomic E-state index is -1.49. The molecular formula is C10H16N4O6. The number of carboxylic acids is 1. The number of rotatable bonds is 6. The Hall–Kier alpha value is -2.39. The monoisotopic (exact) mass is 288 g/mol. The van der Waals surface area contributed by atoms with Crippen LogP contribution in [-0.4, -0.2) is 57.1 Å². The predicted molar refractivity (Wildman–Crippen MR) is 62.6 cm³/mol. The summed E-state index contributed by atoms with van der Waals surface area (Å²) in [7, 11) is 1.22. The molecule has 1 heterocycles. The van der Waals surface area contributed by atoms with Gasteiger partial charge in [-0.05, 0) is 13.8 Å². The van der Waals surface area contributed by atoms with Crippen molar-refractivity contribution in [3.63, 3.8) is 0 Å². The van der Waals surface area contributed by atoms with Gasteiger partial charge in [0.15, 0.2) is 5.54 Å². The second-order valence-electron chi connectivity index (χ2n) is 4.70. The van der Waals surface area contributed by atoms with Gasteiger partial charge in [-0.3, -0.25) is 9.59 Å². The summed E-state index contributed by atoms with van der Waals surface area (Å²) in [6, 6.07) is 0. The van der Waals surface area contributed by atoms with Crippen LogP contribution in [0.2, 0.25) is 0 Å². The van der Waals surface area contributed by atoms with Crippen LogP contribution in [0, 0.1) is 5.21 Å². The van der Waals surface area contributed by atoms with Gasteiger partial charge in [0, 0.05) is 12.8 Å². The van der Waals surface area contributed by atoms with Gasteiger partial charge in [0.2, 0.25) is 23.8 Å². The first-order valence-electron chi connectivity index (χ1n) is 5.78. The number of carbonyl (C=O) groups excluding carboxylic acids is 2. The van der Waals surface area contributed by atoms with Crippen LogP contribution in [0.4, 0.5) is 0 Å². The highest BCUT2D eigenvalue weighted by Gasteiger charge is 2.38. The summed E-state index contributed by atoms with van der Waals surface area (Å²) in [5, 5.41) is 24.4. The Morgan fingerprint density at radius 2 is 2.00 bits per heavy atom. The van der Waals surface area contributed by atoms with E-state index in [4.69, 9.17) is 5.11 Å². The maximum atomic E-state index is 11.5. The molecule has 2 amide bonds. The molecule has 0 radical (unpaired) electrons. The number of hydrogen-bond acceptors (Lipinski definition) is 6. The molecular weight excluding hydrogens is 272 g/mol. The van der Waals surface area contributed by atoms with Gasteiger partial charge in [-0.15, -0.1) is 5.01 Å². The summed E-state index contributed by atoms with van der Waals surface area (Å²) in [5.74, 6) is -2.02. The molecule has 112 valence electrons. The number of amides is 2. The third-order valence-corrected chi connectivity index (χ3v) is 3.06. The number of likely N-dealkylation sites (N-methyl/N-ethyl adjacent to an activating group) is 1. The molecule has 10 nitrogen and oxygen atoms in total. The number of nitrogens with zero attached hydrogens (tertiary/aromatic N) is 4. The lowest BCUT2D eigenvalue weighted by atomic mass is 10.1. The molecule has 0 bridgehead atoms. The van der Waals surface area contributed by atoms with Gasteiger partial charge in [0.25, 0.3) is 0 Å². The van der Waals surface area contributed by atoms with Gasteiger partial charge in [0.1, 0.15) is 0 Å². The highest BCUT2D eigenvalue weighted by molar-refractivity contribution is 6.01. The summed E-state index contributed by atoms with van der Waals surface area (Å²) in [6.45, 7) is 2.14. The van der Waals surface area contributed by atoms with Crippen molar-refractivity contribution in [2.24, 2.45) is 5.28 Å². The van der Waals surface area contributed by atoms with Crippen LogP contribution in [-0.2, 0) is 19.2 Å². The molecule has 1 rings (SSSR count). The van der Waals surface area contributed by atoms with E-state index in [1.54, 1.807) is 0 Å². The summed E-state index contributed by atoms with van der Waals surface area (Å²) in [6.07, 6.45) is 0.213. The molecule has 1 aliphatic heterocycles. The molecule has 1 fully saturated rings. The molecule has 0 saturated carbocycles. The second kappa shape index (κ2) is 5.72. The van der Waals surface area contributed by atoms with Gasteiger partial charge in [-0.2, -0.15) is 0 Å². The first kappa shape index (κ1) is 15.7. The Kier molecular flexibility index (Phi) is 4.48. The Morgan fingerprint density at radius 3 is 2.45 bits per heavy atom. The van der Waals surface area contributed by atoms with Gasteiger partial charge < -0.3 is 15.2 Å². The van der Waals surface area contributed by atoms with E-state index in [9.17, 15) is 19.6 Å². The molecule has 1 N–H and O–H groups in total. The van der Waals surface area contributed by atoms with Gasteiger partial charge in [0.05, 0.1) is 12.0 Å². The van der Waals surface area contributed by atoms with Crippen molar-refractivity contribution >= 4 is 17.8 Å². The molecule has 0 aromatic carbocycles. The van der Waals surface area contributed by atoms with Gasteiger partial charge in [-0.25, -0.2) is 9.69 Å². The van der Waals surface area contributed by atoms with Crippen molar-refractivity contribution in [1.29, 1.82) is 0 Å². The van der Waals surface area contributed by atoms with Crippen molar-refractivity contribution in [1.82, 2.24) is 9.91 Å².